The third kappa shape index (κ3) is 4.22. The Hall–Kier alpha value is -4.45. The molecule has 0 bridgehead atoms. The normalized spacial score (nSPS) is 11.1. The van der Waals surface area contributed by atoms with Crippen molar-refractivity contribution in [1.82, 2.24) is 19.5 Å². The highest BCUT2D eigenvalue weighted by atomic mass is 16.3. The van der Waals surface area contributed by atoms with Crippen LogP contribution in [0.25, 0.3) is 34.3 Å². The fourth-order valence-electron chi connectivity index (χ4n) is 4.23. The quantitative estimate of drug-likeness (QED) is 0.308. The lowest BCUT2D eigenvalue weighted by molar-refractivity contribution is 0.472. The average Bonchev–Trinajstić information content (AvgIpc) is 3.34. The van der Waals surface area contributed by atoms with Crippen LogP contribution in [0, 0.1) is 27.7 Å². The van der Waals surface area contributed by atoms with E-state index in [1.165, 1.54) is 0 Å². The number of phenolic OH excluding ortho intramolecular Hbond substituents is 2. The van der Waals surface area contributed by atoms with E-state index >= 15 is 0 Å². The minimum absolute atomic E-state index is 0.141. The van der Waals surface area contributed by atoms with Gasteiger partial charge in [-0.2, -0.15) is 0 Å². The first-order valence-electron chi connectivity index (χ1n) is 11.9. The van der Waals surface area contributed by atoms with E-state index in [0.29, 0.717) is 35.1 Å². The van der Waals surface area contributed by atoms with Gasteiger partial charge in [0, 0.05) is 12.7 Å². The molecule has 0 aliphatic heterocycles. The molecule has 0 atom stereocenters. The summed E-state index contributed by atoms with van der Waals surface area (Å²) in [6.45, 7) is 8.30. The Morgan fingerprint density at radius 3 is 1.69 bits per heavy atom. The molecule has 0 radical (unpaired) electrons. The van der Waals surface area contributed by atoms with Gasteiger partial charge in [-0.1, -0.05) is 42.5 Å². The van der Waals surface area contributed by atoms with Gasteiger partial charge in [0.2, 0.25) is 0 Å². The van der Waals surface area contributed by atoms with Gasteiger partial charge >= 0.3 is 0 Å². The third-order valence-corrected chi connectivity index (χ3v) is 6.78. The Balaban J connectivity index is 1.72. The van der Waals surface area contributed by atoms with Crippen LogP contribution < -0.4 is 0 Å². The zero-order chi connectivity index (χ0) is 25.4. The number of rotatable bonds is 5. The van der Waals surface area contributed by atoms with Crippen LogP contribution in [-0.4, -0.2) is 29.7 Å². The van der Waals surface area contributed by atoms with Crippen LogP contribution in [0.5, 0.6) is 11.5 Å². The monoisotopic (exact) mass is 476 g/mol. The number of aromatic hydroxyl groups is 2. The SMILES string of the molecule is Cc1ccc(-c2nc(-c3ccc(C)c(C)c3O)nc(-c3cccn3Cc3ccccc3)n2)c(O)c1C. The van der Waals surface area contributed by atoms with E-state index < -0.39 is 0 Å². The van der Waals surface area contributed by atoms with Crippen molar-refractivity contribution in [3.63, 3.8) is 0 Å². The molecule has 2 N–H and O–H groups in total. The summed E-state index contributed by atoms with van der Waals surface area (Å²) in [5.74, 6) is 1.44. The molecule has 0 unspecified atom stereocenters. The Kier molecular flexibility index (Phi) is 6.02. The number of hydrogen-bond donors (Lipinski definition) is 2. The second-order valence-electron chi connectivity index (χ2n) is 9.12. The molecule has 0 saturated heterocycles. The number of benzene rings is 3. The Morgan fingerprint density at radius 2 is 1.14 bits per heavy atom. The lowest BCUT2D eigenvalue weighted by Gasteiger charge is -2.14. The molecule has 0 spiro atoms. The summed E-state index contributed by atoms with van der Waals surface area (Å²) >= 11 is 0. The van der Waals surface area contributed by atoms with Crippen molar-refractivity contribution in [2.24, 2.45) is 0 Å². The van der Waals surface area contributed by atoms with E-state index in [0.717, 1.165) is 33.5 Å². The second-order valence-corrected chi connectivity index (χ2v) is 9.12. The highest BCUT2D eigenvalue weighted by Crippen LogP contribution is 2.36. The van der Waals surface area contributed by atoms with Gasteiger partial charge < -0.3 is 14.8 Å². The molecule has 6 nitrogen and oxygen atoms in total. The predicted octanol–water partition coefficient (Wildman–Crippen LogP) is 6.37. The van der Waals surface area contributed by atoms with Crippen molar-refractivity contribution >= 4 is 0 Å². The van der Waals surface area contributed by atoms with E-state index in [4.69, 9.17) is 15.0 Å². The summed E-state index contributed by atoms with van der Waals surface area (Å²) in [6, 6.07) is 21.6. The third-order valence-electron chi connectivity index (χ3n) is 6.78. The molecule has 0 aliphatic carbocycles. The molecule has 180 valence electrons. The molecule has 5 rings (SSSR count). The Labute approximate surface area is 210 Å². The number of phenols is 2. The van der Waals surface area contributed by atoms with Gasteiger partial charge in [0.15, 0.2) is 17.5 Å². The first kappa shape index (κ1) is 23.3. The maximum absolute atomic E-state index is 10.9. The molecule has 6 heteroatoms. The van der Waals surface area contributed by atoms with E-state index in [9.17, 15) is 10.2 Å². The molecule has 2 aromatic heterocycles. The van der Waals surface area contributed by atoms with Crippen LogP contribution in [0.3, 0.4) is 0 Å². The van der Waals surface area contributed by atoms with Crippen LogP contribution in [0.4, 0.5) is 0 Å². The van der Waals surface area contributed by atoms with Gasteiger partial charge in [-0.25, -0.2) is 15.0 Å². The van der Waals surface area contributed by atoms with Crippen LogP contribution in [-0.2, 0) is 6.54 Å². The number of hydrogen-bond acceptors (Lipinski definition) is 5. The summed E-state index contributed by atoms with van der Waals surface area (Å²) in [4.78, 5) is 14.3. The first-order chi connectivity index (χ1) is 17.3. The fourth-order valence-corrected chi connectivity index (χ4v) is 4.23. The second kappa shape index (κ2) is 9.30. The van der Waals surface area contributed by atoms with Crippen LogP contribution in [0.15, 0.2) is 72.9 Å². The molecule has 5 aromatic rings. The van der Waals surface area contributed by atoms with Gasteiger partial charge in [0.05, 0.1) is 16.8 Å². The lowest BCUT2D eigenvalue weighted by atomic mass is 10.0. The smallest absolute Gasteiger partial charge is 0.180 e. The van der Waals surface area contributed by atoms with E-state index in [1.54, 1.807) is 0 Å². The zero-order valence-electron chi connectivity index (χ0n) is 20.8. The number of aryl methyl sites for hydroxylation is 2. The average molecular weight is 477 g/mol. The molecule has 0 fully saturated rings. The maximum atomic E-state index is 10.9. The van der Waals surface area contributed by atoms with Crippen molar-refractivity contribution in [2.45, 2.75) is 34.2 Å². The van der Waals surface area contributed by atoms with Gasteiger partial charge in [-0.05, 0) is 79.8 Å². The largest absolute Gasteiger partial charge is 0.507 e. The zero-order valence-corrected chi connectivity index (χ0v) is 20.8. The van der Waals surface area contributed by atoms with Crippen LogP contribution in [0.2, 0.25) is 0 Å². The van der Waals surface area contributed by atoms with Crippen molar-refractivity contribution < 1.29 is 10.2 Å². The molecule has 3 aromatic carbocycles. The van der Waals surface area contributed by atoms with Gasteiger partial charge in [0.25, 0.3) is 0 Å². The summed E-state index contributed by atoms with van der Waals surface area (Å²) in [7, 11) is 0. The van der Waals surface area contributed by atoms with E-state index in [2.05, 4.69) is 16.7 Å². The topological polar surface area (TPSA) is 84.1 Å². The standard InChI is InChI=1S/C30H28N4O2/c1-18-12-14-23(26(35)20(18)3)28-31-29(24-15-13-19(2)21(4)27(24)36)33-30(32-28)25-11-8-16-34(25)17-22-9-6-5-7-10-22/h5-16,35-36H,17H2,1-4H3. The van der Waals surface area contributed by atoms with Crippen molar-refractivity contribution in [1.29, 1.82) is 0 Å². The van der Waals surface area contributed by atoms with Crippen molar-refractivity contribution in [2.75, 3.05) is 0 Å². The Bertz CT molecular complexity index is 1500. The van der Waals surface area contributed by atoms with E-state index in [-0.39, 0.29) is 11.5 Å². The molecular formula is C30H28N4O2. The molecule has 36 heavy (non-hydrogen) atoms. The Morgan fingerprint density at radius 1 is 0.611 bits per heavy atom. The van der Waals surface area contributed by atoms with E-state index in [1.807, 2.05) is 88.5 Å². The number of nitrogens with zero attached hydrogens (tertiary/aromatic N) is 4. The summed E-state index contributed by atoms with van der Waals surface area (Å²) in [5.41, 5.74) is 6.53. The first-order valence-corrected chi connectivity index (χ1v) is 11.9. The highest BCUT2D eigenvalue weighted by Gasteiger charge is 2.20. The summed E-state index contributed by atoms with van der Waals surface area (Å²) in [6.07, 6.45) is 1.99. The molecule has 0 saturated carbocycles. The molecule has 0 amide bonds. The number of aromatic nitrogens is 4. The van der Waals surface area contributed by atoms with Gasteiger partial charge in [-0.15, -0.1) is 0 Å². The fraction of sp³-hybridized carbons (Fsp3) is 0.167. The van der Waals surface area contributed by atoms with Gasteiger partial charge in [-0.3, -0.25) is 0 Å². The highest BCUT2D eigenvalue weighted by molar-refractivity contribution is 5.73. The summed E-state index contributed by atoms with van der Waals surface area (Å²) in [5, 5.41) is 21.9. The molecule has 0 aliphatic rings. The minimum Gasteiger partial charge on any atom is -0.507 e. The van der Waals surface area contributed by atoms with Crippen LogP contribution >= 0.6 is 0 Å². The van der Waals surface area contributed by atoms with Crippen molar-refractivity contribution in [3.05, 3.63) is 101 Å². The summed E-state index contributed by atoms with van der Waals surface area (Å²) < 4.78 is 2.08. The maximum Gasteiger partial charge on any atom is 0.180 e. The molecular weight excluding hydrogens is 448 g/mol. The van der Waals surface area contributed by atoms with Gasteiger partial charge in [0.1, 0.15) is 11.5 Å². The van der Waals surface area contributed by atoms with Crippen LogP contribution in [0.1, 0.15) is 27.8 Å². The van der Waals surface area contributed by atoms with Crippen molar-refractivity contribution in [3.8, 4) is 45.8 Å². The molecule has 2 heterocycles. The minimum atomic E-state index is 0.141. The lowest BCUT2D eigenvalue weighted by Crippen LogP contribution is -2.06. The predicted molar refractivity (Wildman–Crippen MR) is 142 cm³/mol.